The first-order chi connectivity index (χ1) is 13.3. The molecule has 154 valence electrons. The van der Waals surface area contributed by atoms with Gasteiger partial charge in [0.25, 0.3) is 5.91 Å². The van der Waals surface area contributed by atoms with Crippen molar-refractivity contribution in [2.45, 2.75) is 24.5 Å². The number of carbonyl (C=O) groups excluding carboxylic acids is 2. The number of rotatable bonds is 6. The van der Waals surface area contributed by atoms with E-state index in [4.69, 9.17) is 9.94 Å². The molecule has 2 fully saturated rings. The van der Waals surface area contributed by atoms with Crippen LogP contribution < -0.4 is 15.7 Å². The largest absolute Gasteiger partial charge is 0.373 e. The fourth-order valence-corrected chi connectivity index (χ4v) is 5.88. The van der Waals surface area contributed by atoms with Crippen LogP contribution in [-0.2, 0) is 24.2 Å². The van der Waals surface area contributed by atoms with E-state index in [0.717, 1.165) is 5.69 Å². The van der Waals surface area contributed by atoms with Crippen LogP contribution >= 0.6 is 0 Å². The van der Waals surface area contributed by atoms with Crippen LogP contribution in [0.5, 0.6) is 0 Å². The number of ether oxygens (including phenoxy) is 1. The summed E-state index contributed by atoms with van der Waals surface area (Å²) < 4.78 is 28.6. The van der Waals surface area contributed by atoms with E-state index in [-0.39, 0.29) is 23.3 Å². The van der Waals surface area contributed by atoms with Gasteiger partial charge in [-0.1, -0.05) is 18.2 Å². The van der Waals surface area contributed by atoms with Gasteiger partial charge in [-0.15, -0.1) is 0 Å². The van der Waals surface area contributed by atoms with E-state index in [2.05, 4.69) is 10.2 Å². The lowest BCUT2D eigenvalue weighted by molar-refractivity contribution is -0.144. The molecule has 2 aliphatic heterocycles. The normalized spacial score (nSPS) is 22.0. The van der Waals surface area contributed by atoms with Crippen LogP contribution in [0.3, 0.4) is 0 Å². The molecule has 0 radical (unpaired) electrons. The Kier molecular flexibility index (Phi) is 5.92. The van der Waals surface area contributed by atoms with Crippen LogP contribution in [0.25, 0.3) is 0 Å². The molecule has 0 spiro atoms. The molecule has 0 aromatic heterocycles. The number of hydrogen-bond acceptors (Lipinski definition) is 7. The van der Waals surface area contributed by atoms with Crippen molar-refractivity contribution in [1.82, 2.24) is 10.8 Å². The number of para-hydroxylation sites is 1. The molecular weight excluding hydrogens is 386 g/mol. The number of methoxy groups -OCH3 is 1. The highest BCUT2D eigenvalue weighted by Gasteiger charge is 2.57. The average Bonchev–Trinajstić information content (AvgIpc) is 2.70. The van der Waals surface area contributed by atoms with Crippen molar-refractivity contribution in [3.63, 3.8) is 0 Å². The van der Waals surface area contributed by atoms with Gasteiger partial charge in [0, 0.05) is 31.8 Å². The summed E-state index contributed by atoms with van der Waals surface area (Å²) in [7, 11) is -2.04. The van der Waals surface area contributed by atoms with Crippen molar-refractivity contribution in [3.8, 4) is 0 Å². The maximum atomic E-state index is 12.7. The summed E-state index contributed by atoms with van der Waals surface area (Å²) in [4.78, 5) is 27.0. The van der Waals surface area contributed by atoms with E-state index in [1.807, 2.05) is 30.3 Å². The summed E-state index contributed by atoms with van der Waals surface area (Å²) in [5.41, 5.74) is 1.23. The van der Waals surface area contributed by atoms with Gasteiger partial charge in [0.2, 0.25) is 5.91 Å². The van der Waals surface area contributed by atoms with Crippen LogP contribution in [-0.4, -0.2) is 68.8 Å². The number of carbonyl (C=O) groups is 2. The minimum atomic E-state index is -3.33. The van der Waals surface area contributed by atoms with Gasteiger partial charge >= 0.3 is 0 Å². The van der Waals surface area contributed by atoms with Crippen molar-refractivity contribution >= 4 is 27.3 Å². The quantitative estimate of drug-likeness (QED) is 0.434. The van der Waals surface area contributed by atoms with Gasteiger partial charge in [-0.05, 0) is 25.0 Å². The molecule has 1 unspecified atom stereocenters. The summed E-state index contributed by atoms with van der Waals surface area (Å²) in [5.74, 6) is -2.32. The standard InChI is InChI=1S/C18H25N3O6S/c1-27-18(11-28(25,26)12-18)15(17(23)20-24)19-16(22)13-7-9-21(10-8-13)14-5-3-2-4-6-14/h2-6,13,15,24H,7-12H2,1H3,(H,19,22)(H,20,23). The first-order valence-corrected chi connectivity index (χ1v) is 10.9. The first kappa shape index (κ1) is 20.6. The summed E-state index contributed by atoms with van der Waals surface area (Å²) in [6.45, 7) is 1.39. The molecule has 9 nitrogen and oxygen atoms in total. The number of piperidine rings is 1. The van der Waals surface area contributed by atoms with Gasteiger partial charge in [0.05, 0.1) is 11.5 Å². The number of sulfone groups is 1. The van der Waals surface area contributed by atoms with Crippen LogP contribution in [0.15, 0.2) is 30.3 Å². The molecule has 10 heteroatoms. The van der Waals surface area contributed by atoms with E-state index in [0.29, 0.717) is 25.9 Å². The molecule has 2 aliphatic rings. The Balaban J connectivity index is 1.64. The van der Waals surface area contributed by atoms with Crippen LogP contribution in [0.4, 0.5) is 5.69 Å². The summed E-state index contributed by atoms with van der Waals surface area (Å²) in [6, 6.07) is 8.61. The molecule has 1 atom stereocenters. The molecule has 0 saturated carbocycles. The number of benzene rings is 1. The zero-order valence-corrected chi connectivity index (χ0v) is 16.4. The maximum Gasteiger partial charge on any atom is 0.268 e. The number of hydroxylamine groups is 1. The molecule has 1 aromatic carbocycles. The minimum Gasteiger partial charge on any atom is -0.373 e. The van der Waals surface area contributed by atoms with Crippen LogP contribution in [0, 0.1) is 5.92 Å². The maximum absolute atomic E-state index is 12.7. The topological polar surface area (TPSA) is 125 Å². The summed E-state index contributed by atoms with van der Waals surface area (Å²) >= 11 is 0. The zero-order chi connectivity index (χ0) is 20.4. The second kappa shape index (κ2) is 8.06. The Morgan fingerprint density at radius 3 is 2.32 bits per heavy atom. The number of nitrogens with zero attached hydrogens (tertiary/aromatic N) is 1. The minimum absolute atomic E-state index is 0.306. The van der Waals surface area contributed by atoms with E-state index in [1.165, 1.54) is 12.6 Å². The molecule has 2 heterocycles. The smallest absolute Gasteiger partial charge is 0.268 e. The average molecular weight is 411 g/mol. The van der Waals surface area contributed by atoms with E-state index < -0.39 is 27.4 Å². The second-order valence-electron chi connectivity index (χ2n) is 7.32. The lowest BCUT2D eigenvalue weighted by atomic mass is 9.92. The van der Waals surface area contributed by atoms with E-state index in [1.54, 1.807) is 0 Å². The SMILES string of the molecule is COC1(C(NC(=O)C2CCN(c3ccccc3)CC2)C(=O)NO)CS(=O)(=O)C1. The Morgan fingerprint density at radius 2 is 1.82 bits per heavy atom. The molecule has 28 heavy (non-hydrogen) atoms. The molecule has 1 aromatic rings. The number of anilines is 1. The highest BCUT2D eigenvalue weighted by atomic mass is 32.2. The molecule has 0 aliphatic carbocycles. The zero-order valence-electron chi connectivity index (χ0n) is 15.6. The Morgan fingerprint density at radius 1 is 1.21 bits per heavy atom. The van der Waals surface area contributed by atoms with E-state index >= 15 is 0 Å². The third kappa shape index (κ3) is 4.13. The number of nitrogens with one attached hydrogen (secondary N) is 2. The van der Waals surface area contributed by atoms with Gasteiger partial charge in [-0.3, -0.25) is 14.8 Å². The predicted molar refractivity (Wildman–Crippen MR) is 102 cm³/mol. The molecule has 0 bridgehead atoms. The molecule has 2 saturated heterocycles. The van der Waals surface area contributed by atoms with Gasteiger partial charge in [-0.25, -0.2) is 13.9 Å². The third-order valence-corrected chi connectivity index (χ3v) is 7.36. The lowest BCUT2D eigenvalue weighted by Gasteiger charge is -2.44. The molecular formula is C18H25N3O6S. The highest BCUT2D eigenvalue weighted by Crippen LogP contribution is 2.32. The lowest BCUT2D eigenvalue weighted by Crippen LogP contribution is -2.71. The van der Waals surface area contributed by atoms with Gasteiger partial charge in [0.15, 0.2) is 9.84 Å². The Bertz CT molecular complexity index is 809. The third-order valence-electron chi connectivity index (χ3n) is 5.51. The highest BCUT2D eigenvalue weighted by molar-refractivity contribution is 7.93. The first-order valence-electron chi connectivity index (χ1n) is 9.10. The predicted octanol–water partition coefficient (Wildman–Crippen LogP) is -0.293. The number of amides is 2. The Hall–Kier alpha value is -2.17. The van der Waals surface area contributed by atoms with Crippen molar-refractivity contribution in [1.29, 1.82) is 0 Å². The fourth-order valence-electron chi connectivity index (χ4n) is 3.90. The van der Waals surface area contributed by atoms with E-state index in [9.17, 15) is 18.0 Å². The molecule has 3 N–H and O–H groups in total. The van der Waals surface area contributed by atoms with Crippen molar-refractivity contribution in [2.75, 3.05) is 36.6 Å². The van der Waals surface area contributed by atoms with Crippen LogP contribution in [0.2, 0.25) is 0 Å². The Labute approximate surface area is 163 Å². The molecule has 2 amide bonds. The fraction of sp³-hybridized carbons (Fsp3) is 0.556. The van der Waals surface area contributed by atoms with Gasteiger partial charge < -0.3 is 15.0 Å². The summed E-state index contributed by atoms with van der Waals surface area (Å²) in [6.07, 6.45) is 1.21. The molecule has 3 rings (SSSR count). The summed E-state index contributed by atoms with van der Waals surface area (Å²) in [5, 5.41) is 11.6. The van der Waals surface area contributed by atoms with Crippen molar-refractivity contribution < 1.29 is 28.0 Å². The van der Waals surface area contributed by atoms with Gasteiger partial charge in [-0.2, -0.15) is 0 Å². The van der Waals surface area contributed by atoms with Crippen molar-refractivity contribution in [3.05, 3.63) is 30.3 Å². The number of hydrogen-bond donors (Lipinski definition) is 3. The second-order valence-corrected chi connectivity index (χ2v) is 9.38. The van der Waals surface area contributed by atoms with Gasteiger partial charge in [0.1, 0.15) is 11.6 Å². The van der Waals surface area contributed by atoms with Crippen molar-refractivity contribution in [2.24, 2.45) is 5.92 Å². The monoisotopic (exact) mass is 411 g/mol. The van der Waals surface area contributed by atoms with Crippen LogP contribution in [0.1, 0.15) is 12.8 Å².